The number of hydrogen-bond donors (Lipinski definition) is 2. The van der Waals surface area contributed by atoms with Crippen LogP contribution < -0.4 is 5.32 Å². The number of amides is 1. The molecule has 1 saturated heterocycles. The van der Waals surface area contributed by atoms with Crippen LogP contribution in [0.15, 0.2) is 24.3 Å². The summed E-state index contributed by atoms with van der Waals surface area (Å²) in [6, 6.07) is 6.75. The van der Waals surface area contributed by atoms with Gasteiger partial charge in [0.2, 0.25) is 0 Å². The quantitative estimate of drug-likeness (QED) is 0.675. The maximum atomic E-state index is 13.2. The van der Waals surface area contributed by atoms with Crippen molar-refractivity contribution in [3.8, 4) is 0 Å². The average Bonchev–Trinajstić information content (AvgIpc) is 3.03. The van der Waals surface area contributed by atoms with Gasteiger partial charge < -0.3 is 15.2 Å². The maximum Gasteiger partial charge on any atom is 0.407 e. The van der Waals surface area contributed by atoms with E-state index < -0.39 is 11.2 Å². The van der Waals surface area contributed by atoms with Gasteiger partial charge in [0.15, 0.2) is 0 Å². The smallest absolute Gasteiger partial charge is 0.407 e. The molecular weight excluding hydrogens is 383 g/mol. The molecule has 5 nitrogen and oxygen atoms in total. The fourth-order valence-corrected chi connectivity index (χ4v) is 4.43. The highest BCUT2D eigenvalue weighted by Gasteiger charge is 2.36. The summed E-state index contributed by atoms with van der Waals surface area (Å²) in [5.41, 5.74) is -0.564. The van der Waals surface area contributed by atoms with Crippen LogP contribution in [0.25, 0.3) is 0 Å². The summed E-state index contributed by atoms with van der Waals surface area (Å²) in [7, 11) is 0. The number of carbonyl (C=O) groups is 1. The largest absolute Gasteiger partial charge is 0.444 e. The third-order valence-electron chi connectivity index (χ3n) is 5.86. The molecule has 0 radical (unpaired) electrons. The molecule has 2 fully saturated rings. The number of nitrogens with zero attached hydrogens (tertiary/aromatic N) is 1. The monoisotopic (exact) mass is 422 g/mol. The van der Waals surface area contributed by atoms with Gasteiger partial charge in [-0.3, -0.25) is 4.90 Å². The van der Waals surface area contributed by atoms with Gasteiger partial charge >= 0.3 is 6.09 Å². The molecule has 0 spiro atoms. The third kappa shape index (κ3) is 6.95. The third-order valence-corrected chi connectivity index (χ3v) is 5.86. The van der Waals surface area contributed by atoms with Gasteiger partial charge in [-0.1, -0.05) is 26.0 Å². The van der Waals surface area contributed by atoms with E-state index in [1.165, 1.54) is 12.1 Å². The van der Waals surface area contributed by atoms with E-state index in [0.717, 1.165) is 44.3 Å². The minimum absolute atomic E-state index is 0.106. The molecule has 6 heteroatoms. The number of alkyl carbamates (subject to hydrolysis) is 1. The molecule has 1 aromatic carbocycles. The number of hydrogen-bond acceptors (Lipinski definition) is 4. The van der Waals surface area contributed by atoms with Crippen LogP contribution >= 0.6 is 0 Å². The highest BCUT2D eigenvalue weighted by molar-refractivity contribution is 5.68. The predicted molar refractivity (Wildman–Crippen MR) is 118 cm³/mol. The minimum Gasteiger partial charge on any atom is -0.444 e. The first-order chi connectivity index (χ1) is 14.1. The maximum absolute atomic E-state index is 13.2. The lowest BCUT2D eigenvalue weighted by atomic mass is 9.86. The van der Waals surface area contributed by atoms with Crippen LogP contribution in [-0.2, 0) is 10.3 Å². The fourth-order valence-electron chi connectivity index (χ4n) is 4.43. The van der Waals surface area contributed by atoms with E-state index in [2.05, 4.69) is 10.2 Å². The molecule has 2 aliphatic rings. The fraction of sp³-hybridized carbons (Fsp3) is 0.708. The van der Waals surface area contributed by atoms with Gasteiger partial charge in [-0.25, -0.2) is 9.18 Å². The number of ether oxygens (including phenoxy) is 1. The van der Waals surface area contributed by atoms with Crippen LogP contribution in [0.2, 0.25) is 0 Å². The van der Waals surface area contributed by atoms with Crippen molar-refractivity contribution in [2.24, 2.45) is 0 Å². The van der Waals surface area contributed by atoms with Crippen molar-refractivity contribution in [1.29, 1.82) is 0 Å². The Kier molecular flexibility index (Phi) is 8.68. The molecule has 2 N–H and O–H groups in total. The summed E-state index contributed by atoms with van der Waals surface area (Å²) in [4.78, 5) is 14.4. The number of likely N-dealkylation sites (tertiary alicyclic amines) is 1. The Labute approximate surface area is 181 Å². The van der Waals surface area contributed by atoms with E-state index in [0.29, 0.717) is 18.9 Å². The summed E-state index contributed by atoms with van der Waals surface area (Å²) in [5.74, 6) is -0.278. The molecular formula is C24H39FN2O3. The van der Waals surface area contributed by atoms with E-state index in [4.69, 9.17) is 4.74 Å². The molecule has 0 bridgehead atoms. The summed E-state index contributed by atoms with van der Waals surface area (Å²) < 4.78 is 18.6. The van der Waals surface area contributed by atoms with Crippen LogP contribution in [0.3, 0.4) is 0 Å². The molecule has 30 heavy (non-hydrogen) atoms. The molecule has 3 atom stereocenters. The first-order valence-electron chi connectivity index (χ1n) is 11.4. The van der Waals surface area contributed by atoms with Gasteiger partial charge in [-0.15, -0.1) is 0 Å². The molecule has 1 saturated carbocycles. The Balaban J connectivity index is 0.00000155. The van der Waals surface area contributed by atoms with E-state index in [1.54, 1.807) is 12.1 Å². The molecule has 1 aliphatic carbocycles. The second-order valence-corrected chi connectivity index (χ2v) is 9.25. The zero-order chi connectivity index (χ0) is 22.4. The van der Waals surface area contributed by atoms with Gasteiger partial charge in [0, 0.05) is 25.2 Å². The first kappa shape index (κ1) is 24.6. The second-order valence-electron chi connectivity index (χ2n) is 9.25. The van der Waals surface area contributed by atoms with Crippen LogP contribution in [0, 0.1) is 5.82 Å². The Morgan fingerprint density at radius 3 is 2.47 bits per heavy atom. The van der Waals surface area contributed by atoms with Crippen LogP contribution in [0.4, 0.5) is 9.18 Å². The second kappa shape index (κ2) is 10.6. The van der Waals surface area contributed by atoms with E-state index in [-0.39, 0.29) is 18.0 Å². The zero-order valence-corrected chi connectivity index (χ0v) is 19.2. The molecule has 1 heterocycles. The predicted octanol–water partition coefficient (Wildman–Crippen LogP) is 4.97. The minimum atomic E-state index is -0.879. The number of halogens is 1. The standard InChI is InChI=1S/C22H33FN2O3.C2H6/c1-21(2,3)28-20(26)24-18-11-14-25(15-18)19-5-4-12-22(27,13-10-19)16-6-8-17(23)9-7-16;1-2/h6-9,18-19,27H,4-5,10-15H2,1-3H3,(H,24,26);1-2H3. The summed E-state index contributed by atoms with van der Waals surface area (Å²) in [6.45, 7) is 11.4. The van der Waals surface area contributed by atoms with E-state index in [1.807, 2.05) is 34.6 Å². The number of carbonyl (C=O) groups excluding carboxylic acids is 1. The SMILES string of the molecule is CC.CC(C)(C)OC(=O)NC1CCN(C2CCCC(O)(c3ccc(F)cc3)CC2)C1. The van der Waals surface area contributed by atoms with E-state index >= 15 is 0 Å². The average molecular weight is 423 g/mol. The topological polar surface area (TPSA) is 61.8 Å². The first-order valence-corrected chi connectivity index (χ1v) is 11.4. The number of rotatable bonds is 3. The lowest BCUT2D eigenvalue weighted by Gasteiger charge is -2.29. The molecule has 1 amide bonds. The van der Waals surface area contributed by atoms with Crippen molar-refractivity contribution in [2.75, 3.05) is 13.1 Å². The summed E-state index contributed by atoms with van der Waals surface area (Å²) in [6.07, 6.45) is 4.78. The van der Waals surface area contributed by atoms with Crippen LogP contribution in [0.1, 0.15) is 78.7 Å². The highest BCUT2D eigenvalue weighted by Crippen LogP contribution is 2.37. The lowest BCUT2D eigenvalue weighted by molar-refractivity contribution is 0.0186. The Morgan fingerprint density at radius 1 is 1.17 bits per heavy atom. The summed E-state index contributed by atoms with van der Waals surface area (Å²) in [5, 5.41) is 14.1. The van der Waals surface area contributed by atoms with Crippen molar-refractivity contribution in [3.63, 3.8) is 0 Å². The molecule has 3 rings (SSSR count). The molecule has 3 unspecified atom stereocenters. The number of nitrogens with one attached hydrogen (secondary N) is 1. The van der Waals surface area contributed by atoms with E-state index in [9.17, 15) is 14.3 Å². The Bertz CT molecular complexity index is 674. The normalized spacial score (nSPS) is 27.6. The van der Waals surface area contributed by atoms with Gasteiger partial charge in [-0.05, 0) is 77.0 Å². The number of benzene rings is 1. The summed E-state index contributed by atoms with van der Waals surface area (Å²) >= 11 is 0. The number of aliphatic hydroxyl groups is 1. The molecule has 1 aliphatic heterocycles. The van der Waals surface area contributed by atoms with Gasteiger partial charge in [0.1, 0.15) is 11.4 Å². The van der Waals surface area contributed by atoms with Crippen LogP contribution in [0.5, 0.6) is 0 Å². The molecule has 170 valence electrons. The van der Waals surface area contributed by atoms with Gasteiger partial charge in [-0.2, -0.15) is 0 Å². The zero-order valence-electron chi connectivity index (χ0n) is 19.2. The highest BCUT2D eigenvalue weighted by atomic mass is 19.1. The van der Waals surface area contributed by atoms with Crippen molar-refractivity contribution in [2.45, 2.75) is 96.4 Å². The lowest BCUT2D eigenvalue weighted by Crippen LogP contribution is -2.42. The van der Waals surface area contributed by atoms with Crippen molar-refractivity contribution < 1.29 is 19.0 Å². The van der Waals surface area contributed by atoms with Crippen molar-refractivity contribution >= 4 is 6.09 Å². The molecule has 0 aromatic heterocycles. The molecule has 1 aromatic rings. The van der Waals surface area contributed by atoms with Gasteiger partial charge in [0.25, 0.3) is 0 Å². The van der Waals surface area contributed by atoms with Crippen molar-refractivity contribution in [3.05, 3.63) is 35.6 Å². The van der Waals surface area contributed by atoms with Crippen molar-refractivity contribution in [1.82, 2.24) is 10.2 Å². The Morgan fingerprint density at radius 2 is 1.83 bits per heavy atom. The van der Waals surface area contributed by atoms with Gasteiger partial charge in [0.05, 0.1) is 5.60 Å². The van der Waals surface area contributed by atoms with Crippen LogP contribution in [-0.4, -0.2) is 46.9 Å². The Hall–Kier alpha value is -1.66.